The van der Waals surface area contributed by atoms with Crippen molar-refractivity contribution in [3.05, 3.63) is 41.4 Å². The Hall–Kier alpha value is -2.29. The summed E-state index contributed by atoms with van der Waals surface area (Å²) in [7, 11) is 1.58. The Bertz CT molecular complexity index is 725. The van der Waals surface area contributed by atoms with Crippen molar-refractivity contribution in [2.45, 2.75) is 24.9 Å². The summed E-state index contributed by atoms with van der Waals surface area (Å²) in [6.45, 7) is 0.957. The molecule has 26 heavy (non-hydrogen) atoms. The molecule has 8 nitrogen and oxygen atoms in total. The van der Waals surface area contributed by atoms with E-state index in [0.717, 1.165) is 5.69 Å². The van der Waals surface area contributed by atoms with Crippen molar-refractivity contribution in [2.24, 2.45) is 0 Å². The van der Waals surface area contributed by atoms with Gasteiger partial charge in [0.2, 0.25) is 5.91 Å². The predicted molar refractivity (Wildman–Crippen MR) is 97.3 cm³/mol. The number of nitrogens with zero attached hydrogens (tertiary/aromatic N) is 1. The number of imidazole rings is 1. The molecule has 1 amide bonds. The molecule has 140 valence electrons. The lowest BCUT2D eigenvalue weighted by molar-refractivity contribution is -0.122. The number of aromatic amines is 1. The fraction of sp³-hybridized carbons (Fsp3) is 0.412. The average molecular weight is 380 g/mol. The number of carbonyl (C=O) groups is 1. The molecule has 1 aromatic carbocycles. The molecule has 4 N–H and O–H groups in total. The molecule has 1 aliphatic rings. The van der Waals surface area contributed by atoms with Gasteiger partial charge < -0.3 is 19.8 Å². The zero-order chi connectivity index (χ0) is 18.4. The number of rotatable bonds is 8. The number of amides is 1. The summed E-state index contributed by atoms with van der Waals surface area (Å²) >= 11 is 6.16. The van der Waals surface area contributed by atoms with Gasteiger partial charge in [0.1, 0.15) is 24.1 Å². The molecule has 2 unspecified atom stereocenters. The third-order valence-corrected chi connectivity index (χ3v) is 4.42. The second kappa shape index (κ2) is 8.88. The van der Waals surface area contributed by atoms with Gasteiger partial charge in [0, 0.05) is 30.9 Å². The minimum atomic E-state index is -0.295. The lowest BCUT2D eigenvalue weighted by Crippen LogP contribution is -2.44. The van der Waals surface area contributed by atoms with Crippen molar-refractivity contribution in [3.8, 4) is 11.5 Å². The van der Waals surface area contributed by atoms with Crippen molar-refractivity contribution in [2.75, 3.05) is 20.3 Å². The highest BCUT2D eigenvalue weighted by Crippen LogP contribution is 2.28. The van der Waals surface area contributed by atoms with E-state index in [4.69, 9.17) is 21.1 Å². The van der Waals surface area contributed by atoms with Crippen LogP contribution in [0.1, 0.15) is 12.1 Å². The van der Waals surface area contributed by atoms with Crippen LogP contribution < -0.4 is 25.6 Å². The number of methoxy groups -OCH3 is 1. The van der Waals surface area contributed by atoms with E-state index >= 15 is 0 Å². The summed E-state index contributed by atoms with van der Waals surface area (Å²) in [6, 6.07) is 4.97. The molecule has 1 saturated heterocycles. The molecule has 0 spiro atoms. The Morgan fingerprint density at radius 3 is 3.04 bits per heavy atom. The van der Waals surface area contributed by atoms with Crippen LogP contribution in [0.25, 0.3) is 0 Å². The zero-order valence-electron chi connectivity index (χ0n) is 14.4. The van der Waals surface area contributed by atoms with Crippen LogP contribution in [0, 0.1) is 0 Å². The standard InChI is InChI=1S/C17H22ClN5O3/c1-25-13-2-3-16(14(18)7-13)26-9-12-6-15(23-22-12)17(24)20-5-4-11-8-19-10-21-11/h2-3,7-8,10,12,15,22-23H,4-6,9H2,1H3,(H,19,21)(H,20,24). The highest BCUT2D eigenvalue weighted by molar-refractivity contribution is 6.32. The van der Waals surface area contributed by atoms with Crippen LogP contribution in [-0.4, -0.2) is 48.2 Å². The number of hydrogen-bond donors (Lipinski definition) is 4. The van der Waals surface area contributed by atoms with Gasteiger partial charge in [-0.05, 0) is 18.6 Å². The average Bonchev–Trinajstić information content (AvgIpc) is 3.32. The molecular formula is C17H22ClN5O3. The van der Waals surface area contributed by atoms with E-state index in [1.165, 1.54) is 0 Å². The van der Waals surface area contributed by atoms with Crippen LogP contribution in [-0.2, 0) is 11.2 Å². The third-order valence-electron chi connectivity index (χ3n) is 4.13. The van der Waals surface area contributed by atoms with Crippen molar-refractivity contribution in [1.29, 1.82) is 0 Å². The van der Waals surface area contributed by atoms with Gasteiger partial charge >= 0.3 is 0 Å². The summed E-state index contributed by atoms with van der Waals surface area (Å²) < 4.78 is 10.9. The van der Waals surface area contributed by atoms with Gasteiger partial charge in [-0.15, -0.1) is 0 Å². The number of ether oxygens (including phenoxy) is 2. The maximum Gasteiger partial charge on any atom is 0.238 e. The van der Waals surface area contributed by atoms with Crippen LogP contribution in [0.2, 0.25) is 5.02 Å². The molecule has 0 saturated carbocycles. The number of benzene rings is 1. The monoisotopic (exact) mass is 379 g/mol. The van der Waals surface area contributed by atoms with Gasteiger partial charge in [-0.1, -0.05) is 11.6 Å². The smallest absolute Gasteiger partial charge is 0.238 e. The lowest BCUT2D eigenvalue weighted by atomic mass is 10.1. The predicted octanol–water partition coefficient (Wildman–Crippen LogP) is 1.04. The van der Waals surface area contributed by atoms with Crippen molar-refractivity contribution in [3.63, 3.8) is 0 Å². The van der Waals surface area contributed by atoms with E-state index < -0.39 is 0 Å². The van der Waals surface area contributed by atoms with Crippen LogP contribution in [0.4, 0.5) is 0 Å². The van der Waals surface area contributed by atoms with Crippen LogP contribution >= 0.6 is 11.6 Å². The van der Waals surface area contributed by atoms with E-state index in [2.05, 4.69) is 26.1 Å². The minimum absolute atomic E-state index is 0.0107. The van der Waals surface area contributed by atoms with E-state index in [9.17, 15) is 4.79 Å². The van der Waals surface area contributed by atoms with Gasteiger partial charge in [0.05, 0.1) is 24.5 Å². The molecule has 2 heterocycles. The van der Waals surface area contributed by atoms with Gasteiger partial charge in [-0.25, -0.2) is 10.4 Å². The molecule has 2 aromatic rings. The summed E-state index contributed by atoms with van der Waals surface area (Å²) in [5.41, 5.74) is 7.08. The topological polar surface area (TPSA) is 100 Å². The molecule has 0 aliphatic carbocycles. The largest absolute Gasteiger partial charge is 0.497 e. The first-order valence-electron chi connectivity index (χ1n) is 8.38. The van der Waals surface area contributed by atoms with E-state index in [1.807, 2.05) is 0 Å². The lowest BCUT2D eigenvalue weighted by Gasteiger charge is -2.13. The van der Waals surface area contributed by atoms with Gasteiger partial charge in [-0.3, -0.25) is 10.2 Å². The van der Waals surface area contributed by atoms with E-state index in [1.54, 1.807) is 37.8 Å². The van der Waals surface area contributed by atoms with E-state index in [-0.39, 0.29) is 18.0 Å². The Morgan fingerprint density at radius 1 is 1.42 bits per heavy atom. The molecule has 1 aliphatic heterocycles. The second-order valence-corrected chi connectivity index (χ2v) is 6.41. The van der Waals surface area contributed by atoms with Gasteiger partial charge in [-0.2, -0.15) is 0 Å². The van der Waals surface area contributed by atoms with Crippen LogP contribution in [0.15, 0.2) is 30.7 Å². The van der Waals surface area contributed by atoms with Crippen LogP contribution in [0.5, 0.6) is 11.5 Å². The van der Waals surface area contributed by atoms with Crippen molar-refractivity contribution >= 4 is 17.5 Å². The first-order chi connectivity index (χ1) is 12.7. The minimum Gasteiger partial charge on any atom is -0.497 e. The molecule has 0 bridgehead atoms. The highest BCUT2D eigenvalue weighted by atomic mass is 35.5. The molecule has 0 radical (unpaired) electrons. The Labute approximate surface area is 156 Å². The zero-order valence-corrected chi connectivity index (χ0v) is 15.2. The second-order valence-electron chi connectivity index (χ2n) is 6.00. The van der Waals surface area contributed by atoms with Crippen molar-refractivity contribution in [1.82, 2.24) is 26.1 Å². The molecule has 9 heteroatoms. The number of carbonyl (C=O) groups excluding carboxylic acids is 1. The maximum atomic E-state index is 12.2. The molecule has 1 aromatic heterocycles. The number of H-pyrrole nitrogens is 1. The number of halogens is 1. The Kier molecular flexibility index (Phi) is 6.32. The Morgan fingerprint density at radius 2 is 2.31 bits per heavy atom. The highest BCUT2D eigenvalue weighted by Gasteiger charge is 2.29. The first kappa shape index (κ1) is 18.5. The fourth-order valence-corrected chi connectivity index (χ4v) is 2.91. The molecule has 3 rings (SSSR count). The first-order valence-corrected chi connectivity index (χ1v) is 8.76. The van der Waals surface area contributed by atoms with Crippen LogP contribution in [0.3, 0.4) is 0 Å². The molecule has 2 atom stereocenters. The number of hydrazine groups is 1. The number of nitrogens with one attached hydrogen (secondary N) is 4. The number of hydrogen-bond acceptors (Lipinski definition) is 6. The Balaban J connectivity index is 1.40. The van der Waals surface area contributed by atoms with Gasteiger partial charge in [0.15, 0.2) is 0 Å². The summed E-state index contributed by atoms with van der Waals surface area (Å²) in [5, 5.41) is 3.40. The molecule has 1 fully saturated rings. The van der Waals surface area contributed by atoms with E-state index in [0.29, 0.717) is 42.5 Å². The summed E-state index contributed by atoms with van der Waals surface area (Å²) in [6.07, 6.45) is 4.72. The quantitative estimate of drug-likeness (QED) is 0.547. The summed E-state index contributed by atoms with van der Waals surface area (Å²) in [5.74, 6) is 1.22. The third kappa shape index (κ3) is 4.87. The molecular weight excluding hydrogens is 358 g/mol. The SMILES string of the molecule is COc1ccc(OCC2CC(C(=O)NCCc3cnc[nH]3)NN2)c(Cl)c1. The fourth-order valence-electron chi connectivity index (χ4n) is 2.68. The summed E-state index contributed by atoms with van der Waals surface area (Å²) in [4.78, 5) is 19.2. The maximum absolute atomic E-state index is 12.2. The number of aromatic nitrogens is 2. The normalized spacial score (nSPS) is 19.3. The van der Waals surface area contributed by atoms with Crippen molar-refractivity contribution < 1.29 is 14.3 Å². The van der Waals surface area contributed by atoms with Gasteiger partial charge in [0.25, 0.3) is 0 Å².